The van der Waals surface area contributed by atoms with Gasteiger partial charge in [0.1, 0.15) is 0 Å². The van der Waals surface area contributed by atoms with Crippen LogP contribution in [0.3, 0.4) is 0 Å². The van der Waals surface area contributed by atoms with Crippen LogP contribution >= 0.6 is 11.3 Å². The molecule has 5 N–H and O–H groups in total. The minimum atomic E-state index is -0.490. The lowest BCUT2D eigenvalue weighted by molar-refractivity contribution is 0.242. The Morgan fingerprint density at radius 3 is 2.86 bits per heavy atom. The van der Waals surface area contributed by atoms with Gasteiger partial charge in [-0.3, -0.25) is 4.98 Å². The van der Waals surface area contributed by atoms with E-state index in [1.54, 1.807) is 35.9 Å². The molecule has 148 valence electrons. The van der Waals surface area contributed by atoms with Crippen LogP contribution in [0.15, 0.2) is 53.5 Å². The van der Waals surface area contributed by atoms with Gasteiger partial charge in [-0.25, -0.2) is 4.79 Å². The lowest BCUT2D eigenvalue weighted by Crippen LogP contribution is -2.43. The van der Waals surface area contributed by atoms with Gasteiger partial charge in [-0.1, -0.05) is 0 Å². The first-order chi connectivity index (χ1) is 14.1. The van der Waals surface area contributed by atoms with Crippen LogP contribution < -0.4 is 21.1 Å². The molecule has 0 spiro atoms. The Balaban J connectivity index is 1.93. The van der Waals surface area contributed by atoms with E-state index in [0.29, 0.717) is 17.9 Å². The summed E-state index contributed by atoms with van der Waals surface area (Å²) >= 11 is 1.57. The number of urea groups is 1. The fourth-order valence-corrected chi connectivity index (χ4v) is 4.02. The van der Waals surface area contributed by atoms with E-state index in [2.05, 4.69) is 15.6 Å². The summed E-state index contributed by atoms with van der Waals surface area (Å²) in [7, 11) is 0. The molecular formula is C21H20N4O3S. The SMILES string of the molecule is CCOc1cc(C2NC(=O)NC(c3cccnc3)=C2c2ccsc2)cc(N)c1O. The minimum Gasteiger partial charge on any atom is -0.503 e. The van der Waals surface area contributed by atoms with Gasteiger partial charge in [0.2, 0.25) is 0 Å². The Morgan fingerprint density at radius 2 is 2.17 bits per heavy atom. The predicted molar refractivity (Wildman–Crippen MR) is 113 cm³/mol. The number of phenolic OH excluding ortho intramolecular Hbond substituents is 1. The van der Waals surface area contributed by atoms with Crippen LogP contribution in [0.25, 0.3) is 11.3 Å². The summed E-state index contributed by atoms with van der Waals surface area (Å²) in [5, 5.41) is 20.1. The number of aromatic hydroxyl groups is 1. The molecule has 0 saturated carbocycles. The molecule has 3 heterocycles. The van der Waals surface area contributed by atoms with Crippen molar-refractivity contribution >= 4 is 34.3 Å². The Labute approximate surface area is 171 Å². The van der Waals surface area contributed by atoms with Crippen molar-refractivity contribution in [2.75, 3.05) is 12.3 Å². The monoisotopic (exact) mass is 408 g/mol. The Bertz CT molecular complexity index is 1070. The quantitative estimate of drug-likeness (QED) is 0.380. The molecule has 0 saturated heterocycles. The van der Waals surface area contributed by atoms with Crippen molar-refractivity contribution in [2.45, 2.75) is 13.0 Å². The summed E-state index contributed by atoms with van der Waals surface area (Å²) < 4.78 is 5.53. The van der Waals surface area contributed by atoms with E-state index in [0.717, 1.165) is 16.7 Å². The van der Waals surface area contributed by atoms with Crippen molar-refractivity contribution < 1.29 is 14.6 Å². The number of benzene rings is 1. The average Bonchev–Trinajstić information content (AvgIpc) is 3.26. The molecule has 2 aromatic heterocycles. The number of pyridine rings is 1. The molecule has 2 amide bonds. The summed E-state index contributed by atoms with van der Waals surface area (Å²) in [6.07, 6.45) is 3.39. The van der Waals surface area contributed by atoms with Crippen LogP contribution in [0.2, 0.25) is 0 Å². The standard InChI is InChI=1S/C21H20N4O3S/c1-2-28-16-9-14(8-15(22)20(16)26)19-17(13-5-7-29-11-13)18(24-21(27)25-19)12-4-3-6-23-10-12/h3-11,19,26H,2,22H2,1H3,(H2,24,25,27). The number of hydrogen-bond acceptors (Lipinski definition) is 6. The molecule has 1 aliphatic heterocycles. The second-order valence-electron chi connectivity index (χ2n) is 6.46. The zero-order chi connectivity index (χ0) is 20.4. The highest BCUT2D eigenvalue weighted by Gasteiger charge is 2.31. The van der Waals surface area contributed by atoms with Crippen molar-refractivity contribution in [3.05, 3.63) is 70.2 Å². The maximum Gasteiger partial charge on any atom is 0.320 e. The number of anilines is 1. The van der Waals surface area contributed by atoms with Gasteiger partial charge < -0.3 is 26.2 Å². The number of nitrogens with zero attached hydrogens (tertiary/aromatic N) is 1. The topological polar surface area (TPSA) is 110 Å². The molecule has 29 heavy (non-hydrogen) atoms. The van der Waals surface area contributed by atoms with Gasteiger partial charge in [-0.2, -0.15) is 11.3 Å². The zero-order valence-electron chi connectivity index (χ0n) is 15.7. The number of phenols is 1. The molecule has 0 fully saturated rings. The number of hydrogen-bond donors (Lipinski definition) is 4. The second-order valence-corrected chi connectivity index (χ2v) is 7.24. The highest BCUT2D eigenvalue weighted by atomic mass is 32.1. The van der Waals surface area contributed by atoms with Crippen molar-refractivity contribution in [1.29, 1.82) is 0 Å². The van der Waals surface area contributed by atoms with Gasteiger partial charge in [0.05, 0.1) is 24.0 Å². The summed E-state index contributed by atoms with van der Waals surface area (Å²) in [4.78, 5) is 16.7. The maximum atomic E-state index is 12.5. The highest BCUT2D eigenvalue weighted by molar-refractivity contribution is 7.08. The smallest absolute Gasteiger partial charge is 0.320 e. The van der Waals surface area contributed by atoms with Crippen LogP contribution in [0.5, 0.6) is 11.5 Å². The van der Waals surface area contributed by atoms with E-state index < -0.39 is 6.04 Å². The van der Waals surface area contributed by atoms with Gasteiger partial charge in [0, 0.05) is 23.5 Å². The van der Waals surface area contributed by atoms with E-state index in [9.17, 15) is 9.90 Å². The van der Waals surface area contributed by atoms with Crippen LogP contribution in [0, 0.1) is 0 Å². The molecule has 0 aliphatic carbocycles. The molecule has 0 radical (unpaired) electrons. The minimum absolute atomic E-state index is 0.107. The van der Waals surface area contributed by atoms with Gasteiger partial charge in [-0.05, 0) is 59.1 Å². The fourth-order valence-electron chi connectivity index (χ4n) is 3.37. The number of nitrogens with two attached hydrogens (primary N) is 1. The third-order valence-electron chi connectivity index (χ3n) is 4.61. The number of nitrogens with one attached hydrogen (secondary N) is 2. The molecular weight excluding hydrogens is 388 g/mol. The van der Waals surface area contributed by atoms with Gasteiger partial charge in [0.25, 0.3) is 0 Å². The Hall–Kier alpha value is -3.52. The number of nitrogen functional groups attached to an aromatic ring is 1. The largest absolute Gasteiger partial charge is 0.503 e. The molecule has 8 heteroatoms. The summed E-state index contributed by atoms with van der Waals surface area (Å²) in [5.74, 6) is 0.173. The van der Waals surface area contributed by atoms with Crippen molar-refractivity contribution in [2.24, 2.45) is 0 Å². The van der Waals surface area contributed by atoms with Crippen molar-refractivity contribution in [3.63, 3.8) is 0 Å². The molecule has 1 aromatic carbocycles. The lowest BCUT2D eigenvalue weighted by atomic mass is 9.89. The summed E-state index contributed by atoms with van der Waals surface area (Å²) in [5.41, 5.74) is 10.2. The third kappa shape index (κ3) is 3.62. The predicted octanol–water partition coefficient (Wildman–Crippen LogP) is 3.75. The average molecular weight is 408 g/mol. The number of aromatic nitrogens is 1. The van der Waals surface area contributed by atoms with Crippen molar-refractivity contribution in [3.8, 4) is 11.5 Å². The first kappa shape index (κ1) is 18.8. The molecule has 1 atom stereocenters. The lowest BCUT2D eigenvalue weighted by Gasteiger charge is -2.31. The molecule has 7 nitrogen and oxygen atoms in total. The van der Waals surface area contributed by atoms with Crippen molar-refractivity contribution in [1.82, 2.24) is 15.6 Å². The molecule has 1 aliphatic rings. The highest BCUT2D eigenvalue weighted by Crippen LogP contribution is 2.42. The van der Waals surface area contributed by atoms with Crippen LogP contribution in [0.1, 0.15) is 29.7 Å². The molecule has 1 unspecified atom stereocenters. The van der Waals surface area contributed by atoms with Gasteiger partial charge >= 0.3 is 6.03 Å². The number of carbonyl (C=O) groups is 1. The fraction of sp³-hybridized carbons (Fsp3) is 0.143. The van der Waals surface area contributed by atoms with E-state index in [1.807, 2.05) is 35.9 Å². The third-order valence-corrected chi connectivity index (χ3v) is 5.30. The number of amides is 2. The Morgan fingerprint density at radius 1 is 1.31 bits per heavy atom. The Kier molecular flexibility index (Phi) is 5.09. The molecule has 4 rings (SSSR count). The number of thiophene rings is 1. The van der Waals surface area contributed by atoms with Gasteiger partial charge in [0.15, 0.2) is 11.5 Å². The zero-order valence-corrected chi connectivity index (χ0v) is 16.5. The number of rotatable bonds is 5. The first-order valence-electron chi connectivity index (χ1n) is 9.08. The van der Waals surface area contributed by atoms with E-state index >= 15 is 0 Å². The van der Waals surface area contributed by atoms with E-state index in [-0.39, 0.29) is 23.2 Å². The van der Waals surface area contributed by atoms with Crippen LogP contribution in [-0.2, 0) is 0 Å². The van der Waals surface area contributed by atoms with Gasteiger partial charge in [-0.15, -0.1) is 0 Å². The van der Waals surface area contributed by atoms with Crippen LogP contribution in [0.4, 0.5) is 10.5 Å². The number of carbonyl (C=O) groups excluding carboxylic acids is 1. The summed E-state index contributed by atoms with van der Waals surface area (Å²) in [6.45, 7) is 2.20. The maximum absolute atomic E-state index is 12.5. The van der Waals surface area contributed by atoms with E-state index in [4.69, 9.17) is 10.5 Å². The first-order valence-corrected chi connectivity index (χ1v) is 10.0. The normalized spacial score (nSPS) is 16.3. The summed E-state index contributed by atoms with van der Waals surface area (Å²) in [6, 6.07) is 8.25. The molecule has 3 aromatic rings. The van der Waals surface area contributed by atoms with E-state index in [1.165, 1.54) is 0 Å². The number of ether oxygens (including phenoxy) is 1. The van der Waals surface area contributed by atoms with Crippen LogP contribution in [-0.4, -0.2) is 22.7 Å². The second kappa shape index (κ2) is 7.84. The molecule has 0 bridgehead atoms.